The van der Waals surface area contributed by atoms with Crippen molar-refractivity contribution in [2.24, 2.45) is 0 Å². The highest BCUT2D eigenvalue weighted by Gasteiger charge is 2.16. The number of carbonyl (C=O) groups excluding carboxylic acids is 1. The summed E-state index contributed by atoms with van der Waals surface area (Å²) in [6, 6.07) is 14.1. The van der Waals surface area contributed by atoms with Gasteiger partial charge in [-0.2, -0.15) is 0 Å². The summed E-state index contributed by atoms with van der Waals surface area (Å²) in [4.78, 5) is 12.3. The summed E-state index contributed by atoms with van der Waals surface area (Å²) in [5, 5.41) is 7.09. The van der Waals surface area contributed by atoms with Gasteiger partial charge in [0, 0.05) is 21.4 Å². The maximum absolute atomic E-state index is 12.3. The Bertz CT molecular complexity index is 597. The number of anilines is 2. The van der Waals surface area contributed by atoms with E-state index >= 15 is 0 Å². The van der Waals surface area contributed by atoms with Crippen LogP contribution in [0.15, 0.2) is 48.5 Å². The van der Waals surface area contributed by atoms with Crippen molar-refractivity contribution in [3.8, 4) is 0 Å². The van der Waals surface area contributed by atoms with Crippen LogP contribution in [0.4, 0.5) is 11.4 Å². The highest BCUT2D eigenvalue weighted by atomic mass is 35.5. The van der Waals surface area contributed by atoms with Crippen LogP contribution in [0.5, 0.6) is 0 Å². The van der Waals surface area contributed by atoms with Gasteiger partial charge < -0.3 is 10.6 Å². The van der Waals surface area contributed by atoms with E-state index in [1.807, 2.05) is 37.3 Å². The average molecular weight is 323 g/mol. The molecule has 0 heterocycles. The normalized spacial score (nSPS) is 11.8. The number of amides is 1. The molecule has 21 heavy (non-hydrogen) atoms. The third-order valence-electron chi connectivity index (χ3n) is 2.97. The Morgan fingerprint density at radius 3 is 2.24 bits per heavy atom. The Balaban J connectivity index is 2.07. The van der Waals surface area contributed by atoms with Gasteiger partial charge in [-0.1, -0.05) is 48.3 Å². The first-order valence-corrected chi connectivity index (χ1v) is 7.42. The van der Waals surface area contributed by atoms with Crippen LogP contribution in [0.3, 0.4) is 0 Å². The highest BCUT2D eigenvalue weighted by molar-refractivity contribution is 6.35. The maximum atomic E-state index is 12.3. The fourth-order valence-electron chi connectivity index (χ4n) is 1.94. The van der Waals surface area contributed by atoms with E-state index in [1.165, 1.54) is 0 Å². The molecule has 0 radical (unpaired) electrons. The lowest BCUT2D eigenvalue weighted by molar-refractivity contribution is -0.116. The van der Waals surface area contributed by atoms with E-state index in [0.29, 0.717) is 16.5 Å². The van der Waals surface area contributed by atoms with E-state index in [9.17, 15) is 4.79 Å². The molecule has 3 nitrogen and oxygen atoms in total. The molecule has 0 spiro atoms. The van der Waals surface area contributed by atoms with Gasteiger partial charge in [-0.05, 0) is 36.8 Å². The zero-order valence-electron chi connectivity index (χ0n) is 11.6. The Morgan fingerprint density at radius 2 is 1.67 bits per heavy atom. The van der Waals surface area contributed by atoms with Gasteiger partial charge in [0.1, 0.15) is 6.04 Å². The summed E-state index contributed by atoms with van der Waals surface area (Å²) < 4.78 is 0. The molecule has 0 saturated heterocycles. The third kappa shape index (κ3) is 4.66. The number of halogens is 2. The summed E-state index contributed by atoms with van der Waals surface area (Å²) >= 11 is 11.9. The van der Waals surface area contributed by atoms with Crippen LogP contribution in [0.2, 0.25) is 10.0 Å². The van der Waals surface area contributed by atoms with Crippen molar-refractivity contribution in [3.05, 3.63) is 58.6 Å². The molecule has 5 heteroatoms. The van der Waals surface area contributed by atoms with Crippen LogP contribution in [-0.2, 0) is 4.79 Å². The van der Waals surface area contributed by atoms with Gasteiger partial charge in [-0.3, -0.25) is 4.79 Å². The standard InChI is InChI=1S/C16H16Cl2N2O/c1-2-15(16(21)20-13-6-4-3-5-7-13)19-14-9-11(17)8-12(18)10-14/h3-10,15,19H,2H2,1H3,(H,20,21)/t15-/m0/s1. The van der Waals surface area contributed by atoms with Crippen molar-refractivity contribution in [1.82, 2.24) is 0 Å². The molecule has 2 rings (SSSR count). The second-order valence-electron chi connectivity index (χ2n) is 4.62. The average Bonchev–Trinajstić information content (AvgIpc) is 2.44. The van der Waals surface area contributed by atoms with Crippen molar-refractivity contribution in [1.29, 1.82) is 0 Å². The Morgan fingerprint density at radius 1 is 1.05 bits per heavy atom. The maximum Gasteiger partial charge on any atom is 0.246 e. The van der Waals surface area contributed by atoms with Gasteiger partial charge >= 0.3 is 0 Å². The molecule has 2 aromatic rings. The zero-order chi connectivity index (χ0) is 15.2. The number of carbonyl (C=O) groups is 1. The minimum atomic E-state index is -0.361. The van der Waals surface area contributed by atoms with E-state index in [2.05, 4.69) is 10.6 Å². The van der Waals surface area contributed by atoms with Gasteiger partial charge in [0.15, 0.2) is 0 Å². The van der Waals surface area contributed by atoms with Crippen molar-refractivity contribution in [2.75, 3.05) is 10.6 Å². The predicted molar refractivity (Wildman–Crippen MR) is 89.2 cm³/mol. The first kappa shape index (κ1) is 15.7. The second-order valence-corrected chi connectivity index (χ2v) is 5.49. The van der Waals surface area contributed by atoms with Gasteiger partial charge in [-0.15, -0.1) is 0 Å². The van der Waals surface area contributed by atoms with E-state index < -0.39 is 0 Å². The molecule has 110 valence electrons. The number of hydrogen-bond donors (Lipinski definition) is 2. The molecule has 0 saturated carbocycles. The molecule has 2 aromatic carbocycles. The Kier molecular flexibility index (Phi) is 5.48. The lowest BCUT2D eigenvalue weighted by Gasteiger charge is -2.18. The molecule has 1 atom stereocenters. The molecule has 0 unspecified atom stereocenters. The van der Waals surface area contributed by atoms with Crippen LogP contribution >= 0.6 is 23.2 Å². The summed E-state index contributed by atoms with van der Waals surface area (Å²) in [5.74, 6) is -0.0974. The molecule has 0 aliphatic heterocycles. The highest BCUT2D eigenvalue weighted by Crippen LogP contribution is 2.23. The molecule has 0 aliphatic carbocycles. The first-order valence-electron chi connectivity index (χ1n) is 6.67. The SMILES string of the molecule is CC[C@H](Nc1cc(Cl)cc(Cl)c1)C(=O)Nc1ccccc1. The van der Waals surface area contributed by atoms with Crippen LogP contribution in [0, 0.1) is 0 Å². The van der Waals surface area contributed by atoms with Gasteiger partial charge in [0.25, 0.3) is 0 Å². The topological polar surface area (TPSA) is 41.1 Å². The second kappa shape index (κ2) is 7.34. The van der Waals surface area contributed by atoms with E-state index in [0.717, 1.165) is 11.4 Å². The van der Waals surface area contributed by atoms with Gasteiger partial charge in [0.2, 0.25) is 5.91 Å². The number of benzene rings is 2. The van der Waals surface area contributed by atoms with Crippen LogP contribution in [0.1, 0.15) is 13.3 Å². The summed E-state index contributed by atoms with van der Waals surface area (Å²) in [5.41, 5.74) is 1.49. The smallest absolute Gasteiger partial charge is 0.246 e. The number of rotatable bonds is 5. The fourth-order valence-corrected chi connectivity index (χ4v) is 2.47. The minimum Gasteiger partial charge on any atom is -0.374 e. The Hall–Kier alpha value is -1.71. The minimum absolute atomic E-state index is 0.0974. The monoisotopic (exact) mass is 322 g/mol. The summed E-state index contributed by atoms with van der Waals surface area (Å²) in [6.07, 6.45) is 0.642. The number of hydrogen-bond acceptors (Lipinski definition) is 2. The largest absolute Gasteiger partial charge is 0.374 e. The molecule has 0 aromatic heterocycles. The third-order valence-corrected chi connectivity index (χ3v) is 3.41. The molecule has 2 N–H and O–H groups in total. The molecule has 1 amide bonds. The quantitative estimate of drug-likeness (QED) is 0.828. The number of nitrogens with one attached hydrogen (secondary N) is 2. The molecule has 0 fully saturated rings. The molecule has 0 bridgehead atoms. The number of para-hydroxylation sites is 1. The first-order chi connectivity index (χ1) is 10.1. The van der Waals surface area contributed by atoms with E-state index in [4.69, 9.17) is 23.2 Å². The van der Waals surface area contributed by atoms with E-state index in [1.54, 1.807) is 18.2 Å². The fraction of sp³-hybridized carbons (Fsp3) is 0.188. The lowest BCUT2D eigenvalue weighted by atomic mass is 10.2. The van der Waals surface area contributed by atoms with Crippen molar-refractivity contribution in [2.45, 2.75) is 19.4 Å². The van der Waals surface area contributed by atoms with Crippen molar-refractivity contribution < 1.29 is 4.79 Å². The zero-order valence-corrected chi connectivity index (χ0v) is 13.1. The van der Waals surface area contributed by atoms with Crippen molar-refractivity contribution in [3.63, 3.8) is 0 Å². The summed E-state index contributed by atoms with van der Waals surface area (Å²) in [6.45, 7) is 1.94. The van der Waals surface area contributed by atoms with E-state index in [-0.39, 0.29) is 11.9 Å². The summed E-state index contributed by atoms with van der Waals surface area (Å²) in [7, 11) is 0. The van der Waals surface area contributed by atoms with Crippen LogP contribution in [0.25, 0.3) is 0 Å². The molecular weight excluding hydrogens is 307 g/mol. The van der Waals surface area contributed by atoms with Crippen LogP contribution in [-0.4, -0.2) is 11.9 Å². The lowest BCUT2D eigenvalue weighted by Crippen LogP contribution is -2.34. The van der Waals surface area contributed by atoms with Crippen LogP contribution < -0.4 is 10.6 Å². The Labute approximate surface area is 134 Å². The van der Waals surface area contributed by atoms with Gasteiger partial charge in [-0.25, -0.2) is 0 Å². The van der Waals surface area contributed by atoms with Crippen molar-refractivity contribution >= 4 is 40.5 Å². The predicted octanol–water partition coefficient (Wildman–Crippen LogP) is 4.82. The molecule has 0 aliphatic rings. The van der Waals surface area contributed by atoms with Gasteiger partial charge in [0.05, 0.1) is 0 Å². The molecular formula is C16H16Cl2N2O.